The molecule has 2 aliphatic heterocycles. The maximum atomic E-state index is 12.7. The Hall–Kier alpha value is -0.210. The highest BCUT2D eigenvalue weighted by atomic mass is 32.2. The van der Waals surface area contributed by atoms with Gasteiger partial charge in [-0.25, -0.2) is 0 Å². The Labute approximate surface area is 134 Å². The molecule has 0 aromatic rings. The molecule has 10 atom stereocenters. The molecule has 0 aliphatic carbocycles. The van der Waals surface area contributed by atoms with Crippen molar-refractivity contribution >= 4 is 10.8 Å². The van der Waals surface area contributed by atoms with E-state index in [0.29, 0.717) is 0 Å². The van der Waals surface area contributed by atoms with Crippen molar-refractivity contribution in [2.75, 3.05) is 13.2 Å². The van der Waals surface area contributed by atoms with Crippen LogP contribution in [0.3, 0.4) is 0 Å². The molecule has 0 aromatic heterocycles. The molecular formula is C12H22O10S. The highest BCUT2D eigenvalue weighted by Gasteiger charge is 2.50. The third kappa shape index (κ3) is 3.74. The van der Waals surface area contributed by atoms with E-state index in [2.05, 4.69) is 0 Å². The number of aliphatic hydroxyl groups excluding tert-OH is 7. The summed E-state index contributed by atoms with van der Waals surface area (Å²) in [6, 6.07) is 0. The lowest BCUT2D eigenvalue weighted by Crippen LogP contribution is -2.62. The predicted molar refractivity (Wildman–Crippen MR) is 74.3 cm³/mol. The van der Waals surface area contributed by atoms with Crippen LogP contribution in [-0.2, 0) is 20.3 Å². The second-order valence-corrected chi connectivity index (χ2v) is 7.34. The van der Waals surface area contributed by atoms with Gasteiger partial charge in [-0.15, -0.1) is 0 Å². The monoisotopic (exact) mass is 358 g/mol. The van der Waals surface area contributed by atoms with Crippen LogP contribution in [0, 0.1) is 0 Å². The zero-order chi connectivity index (χ0) is 17.3. The fourth-order valence-corrected chi connectivity index (χ4v) is 4.57. The molecule has 2 rings (SSSR count). The van der Waals surface area contributed by atoms with Crippen molar-refractivity contribution in [3.8, 4) is 0 Å². The third-order valence-corrected chi connectivity index (χ3v) is 6.03. The van der Waals surface area contributed by atoms with E-state index < -0.39 is 77.6 Å². The van der Waals surface area contributed by atoms with E-state index in [1.54, 1.807) is 0 Å². The van der Waals surface area contributed by atoms with Crippen LogP contribution in [0.2, 0.25) is 0 Å². The van der Waals surface area contributed by atoms with Gasteiger partial charge in [0.25, 0.3) is 0 Å². The molecule has 0 saturated carbocycles. The number of aliphatic hydroxyl groups is 7. The van der Waals surface area contributed by atoms with Crippen LogP contribution in [0.5, 0.6) is 0 Å². The lowest BCUT2D eigenvalue weighted by Gasteiger charge is -2.43. The van der Waals surface area contributed by atoms with E-state index in [1.165, 1.54) is 0 Å². The molecule has 10 nitrogen and oxygen atoms in total. The van der Waals surface area contributed by atoms with Crippen LogP contribution in [0.15, 0.2) is 0 Å². The van der Waals surface area contributed by atoms with Gasteiger partial charge in [-0.05, 0) is 6.42 Å². The standard InChI is InChI=1S/C12H22O10S/c13-2-5-7(1-4(15)11(19)21-5)23(20)12-10(18)9(17)8(16)6(3-14)22-12/h4-19H,1-3H2/t4-,5-,6-,7+,8-,9+,10-,11-,12+,23?/m1/s1. The van der Waals surface area contributed by atoms with E-state index in [4.69, 9.17) is 14.6 Å². The minimum absolute atomic E-state index is 0.186. The van der Waals surface area contributed by atoms with Crippen molar-refractivity contribution in [2.24, 2.45) is 0 Å². The first-order valence-electron chi connectivity index (χ1n) is 7.14. The molecule has 11 heteroatoms. The molecule has 0 radical (unpaired) electrons. The maximum Gasteiger partial charge on any atom is 0.181 e. The number of hydrogen-bond acceptors (Lipinski definition) is 10. The number of hydrogen-bond donors (Lipinski definition) is 7. The van der Waals surface area contributed by atoms with Crippen molar-refractivity contribution in [2.45, 2.75) is 60.0 Å². The Morgan fingerprint density at radius 3 is 2.04 bits per heavy atom. The Bertz CT molecular complexity index is 421. The van der Waals surface area contributed by atoms with Crippen LogP contribution >= 0.6 is 0 Å². The summed E-state index contributed by atoms with van der Waals surface area (Å²) in [5, 5.41) is 65.9. The van der Waals surface area contributed by atoms with Crippen LogP contribution in [0.4, 0.5) is 0 Å². The quantitative estimate of drug-likeness (QED) is 0.258. The van der Waals surface area contributed by atoms with Crippen molar-refractivity contribution < 1.29 is 49.4 Å². The Balaban J connectivity index is 2.17. The van der Waals surface area contributed by atoms with E-state index in [9.17, 15) is 34.8 Å². The first-order valence-corrected chi connectivity index (χ1v) is 8.41. The highest BCUT2D eigenvalue weighted by molar-refractivity contribution is 7.86. The van der Waals surface area contributed by atoms with Gasteiger partial charge < -0.3 is 45.2 Å². The fraction of sp³-hybridized carbons (Fsp3) is 1.00. The third-order valence-electron chi connectivity index (χ3n) is 4.09. The molecule has 0 spiro atoms. The number of ether oxygens (including phenoxy) is 2. The lowest BCUT2D eigenvalue weighted by molar-refractivity contribution is -0.221. The van der Waals surface area contributed by atoms with Crippen LogP contribution in [0.25, 0.3) is 0 Å². The summed E-state index contributed by atoms with van der Waals surface area (Å²) in [6.45, 7) is -1.25. The Morgan fingerprint density at radius 1 is 0.870 bits per heavy atom. The summed E-state index contributed by atoms with van der Waals surface area (Å²) in [5.41, 5.74) is -1.46. The molecule has 2 heterocycles. The molecule has 1 unspecified atom stereocenters. The lowest BCUT2D eigenvalue weighted by atomic mass is 10.0. The summed E-state index contributed by atoms with van der Waals surface area (Å²) >= 11 is 0. The average Bonchev–Trinajstić information content (AvgIpc) is 2.54. The summed E-state index contributed by atoms with van der Waals surface area (Å²) in [5.74, 6) is 0. The summed E-state index contributed by atoms with van der Waals surface area (Å²) in [7, 11) is -2.06. The van der Waals surface area contributed by atoms with Gasteiger partial charge in [-0.1, -0.05) is 0 Å². The molecule has 0 bridgehead atoms. The van der Waals surface area contributed by atoms with Crippen LogP contribution in [-0.4, -0.2) is 107 Å². The summed E-state index contributed by atoms with van der Waals surface area (Å²) in [4.78, 5) is 0. The van der Waals surface area contributed by atoms with E-state index >= 15 is 0 Å². The van der Waals surface area contributed by atoms with Crippen LogP contribution in [0.1, 0.15) is 6.42 Å². The second-order valence-electron chi connectivity index (χ2n) is 5.61. The fourth-order valence-electron chi connectivity index (χ4n) is 2.70. The normalized spacial score (nSPS) is 49.8. The van der Waals surface area contributed by atoms with Crippen molar-refractivity contribution in [3.63, 3.8) is 0 Å². The van der Waals surface area contributed by atoms with Gasteiger partial charge in [0.1, 0.15) is 30.5 Å². The van der Waals surface area contributed by atoms with Gasteiger partial charge in [0.15, 0.2) is 11.7 Å². The first kappa shape index (κ1) is 19.1. The molecule has 0 aromatic carbocycles. The SMILES string of the molecule is O=S([C@@H]1O[C@H](CO)[C@@H](O)[C@H](O)[C@H]1O)[C@H]1C[C@@H](O)[C@H](O)O[C@@H]1CO. The van der Waals surface area contributed by atoms with Crippen molar-refractivity contribution in [3.05, 3.63) is 0 Å². The van der Waals surface area contributed by atoms with Gasteiger partial charge in [0.2, 0.25) is 0 Å². The van der Waals surface area contributed by atoms with E-state index in [0.717, 1.165) is 0 Å². The van der Waals surface area contributed by atoms with Crippen LogP contribution < -0.4 is 0 Å². The maximum absolute atomic E-state index is 12.7. The van der Waals surface area contributed by atoms with E-state index in [-0.39, 0.29) is 6.42 Å². The van der Waals surface area contributed by atoms with E-state index in [1.807, 2.05) is 0 Å². The largest absolute Gasteiger partial charge is 0.394 e. The molecule has 2 aliphatic rings. The molecular weight excluding hydrogens is 336 g/mol. The molecule has 136 valence electrons. The first-order chi connectivity index (χ1) is 10.8. The molecule has 2 saturated heterocycles. The van der Waals surface area contributed by atoms with Gasteiger partial charge in [-0.3, -0.25) is 4.21 Å². The van der Waals surface area contributed by atoms with Gasteiger partial charge in [0, 0.05) is 0 Å². The Kier molecular flexibility index (Phi) is 6.47. The minimum atomic E-state index is -2.06. The summed E-state index contributed by atoms with van der Waals surface area (Å²) in [6.07, 6.45) is -10.3. The minimum Gasteiger partial charge on any atom is -0.394 e. The highest BCUT2D eigenvalue weighted by Crippen LogP contribution is 2.30. The van der Waals surface area contributed by atoms with Crippen molar-refractivity contribution in [1.29, 1.82) is 0 Å². The zero-order valence-corrected chi connectivity index (χ0v) is 12.9. The van der Waals surface area contributed by atoms with Gasteiger partial charge in [-0.2, -0.15) is 0 Å². The molecule has 2 fully saturated rings. The Morgan fingerprint density at radius 2 is 1.48 bits per heavy atom. The number of rotatable bonds is 4. The van der Waals surface area contributed by atoms with Gasteiger partial charge >= 0.3 is 0 Å². The summed E-state index contributed by atoms with van der Waals surface area (Å²) < 4.78 is 22.8. The van der Waals surface area contributed by atoms with Gasteiger partial charge in [0.05, 0.1) is 35.4 Å². The topological polar surface area (TPSA) is 177 Å². The molecule has 7 N–H and O–H groups in total. The molecule has 0 amide bonds. The average molecular weight is 358 g/mol. The second kappa shape index (κ2) is 7.78. The predicted octanol–water partition coefficient (Wildman–Crippen LogP) is -4.64. The zero-order valence-electron chi connectivity index (χ0n) is 12.1. The molecule has 23 heavy (non-hydrogen) atoms. The van der Waals surface area contributed by atoms with Crippen molar-refractivity contribution in [1.82, 2.24) is 0 Å². The smallest absolute Gasteiger partial charge is 0.181 e.